The van der Waals surface area contributed by atoms with Crippen molar-refractivity contribution in [1.29, 1.82) is 0 Å². The summed E-state index contributed by atoms with van der Waals surface area (Å²) in [5.74, 6) is 0. The van der Waals surface area contributed by atoms with Gasteiger partial charge in [0.2, 0.25) is 0 Å². The highest BCUT2D eigenvalue weighted by molar-refractivity contribution is 4.98. The van der Waals surface area contributed by atoms with Crippen molar-refractivity contribution in [1.82, 2.24) is 9.80 Å². The SMILES string of the molecule is C[C@@H]1CC2(CCN(C)C2)CN1C. The first kappa shape index (κ1) is 8.52. The van der Waals surface area contributed by atoms with Crippen LogP contribution in [-0.2, 0) is 0 Å². The molecule has 2 aliphatic heterocycles. The molecule has 2 heteroatoms. The minimum Gasteiger partial charge on any atom is -0.306 e. The number of rotatable bonds is 0. The van der Waals surface area contributed by atoms with Gasteiger partial charge >= 0.3 is 0 Å². The van der Waals surface area contributed by atoms with E-state index in [0.717, 1.165) is 6.04 Å². The summed E-state index contributed by atoms with van der Waals surface area (Å²) in [6, 6.07) is 0.802. The van der Waals surface area contributed by atoms with Crippen LogP contribution in [-0.4, -0.2) is 49.6 Å². The maximum atomic E-state index is 2.51. The first-order valence-corrected chi connectivity index (χ1v) is 5.00. The lowest BCUT2D eigenvalue weighted by atomic mass is 9.85. The van der Waals surface area contributed by atoms with Crippen molar-refractivity contribution in [3.05, 3.63) is 0 Å². The Hall–Kier alpha value is -0.0800. The van der Waals surface area contributed by atoms with Crippen LogP contribution in [0.15, 0.2) is 0 Å². The number of hydrogen-bond acceptors (Lipinski definition) is 2. The Morgan fingerprint density at radius 3 is 2.42 bits per heavy atom. The molecule has 2 nitrogen and oxygen atoms in total. The van der Waals surface area contributed by atoms with E-state index in [1.807, 2.05) is 0 Å². The topological polar surface area (TPSA) is 6.48 Å². The van der Waals surface area contributed by atoms with Gasteiger partial charge < -0.3 is 9.80 Å². The quantitative estimate of drug-likeness (QED) is 0.533. The largest absolute Gasteiger partial charge is 0.306 e. The van der Waals surface area contributed by atoms with Crippen molar-refractivity contribution < 1.29 is 0 Å². The summed E-state index contributed by atoms with van der Waals surface area (Å²) in [6.45, 7) is 6.30. The molecule has 1 unspecified atom stereocenters. The van der Waals surface area contributed by atoms with E-state index in [0.29, 0.717) is 5.41 Å². The summed E-state index contributed by atoms with van der Waals surface area (Å²) < 4.78 is 0. The van der Waals surface area contributed by atoms with Crippen LogP contribution >= 0.6 is 0 Å². The molecule has 2 aliphatic rings. The molecule has 2 saturated heterocycles. The molecule has 70 valence electrons. The highest BCUT2D eigenvalue weighted by Gasteiger charge is 2.44. The van der Waals surface area contributed by atoms with E-state index in [2.05, 4.69) is 30.8 Å². The van der Waals surface area contributed by atoms with Gasteiger partial charge in [0.05, 0.1) is 0 Å². The summed E-state index contributed by atoms with van der Waals surface area (Å²) in [4.78, 5) is 4.99. The molecule has 0 aromatic heterocycles. The van der Waals surface area contributed by atoms with Crippen molar-refractivity contribution >= 4 is 0 Å². The van der Waals surface area contributed by atoms with Gasteiger partial charge in [0, 0.05) is 19.1 Å². The Morgan fingerprint density at radius 1 is 1.25 bits per heavy atom. The molecule has 2 fully saturated rings. The van der Waals surface area contributed by atoms with Crippen LogP contribution in [0, 0.1) is 5.41 Å². The van der Waals surface area contributed by atoms with Crippen LogP contribution in [0.5, 0.6) is 0 Å². The average Bonchev–Trinajstić information content (AvgIpc) is 2.42. The molecule has 0 radical (unpaired) electrons. The van der Waals surface area contributed by atoms with Crippen molar-refractivity contribution in [3.8, 4) is 0 Å². The lowest BCUT2D eigenvalue weighted by Crippen LogP contribution is -2.28. The van der Waals surface area contributed by atoms with Gasteiger partial charge in [0.1, 0.15) is 0 Å². The minimum atomic E-state index is 0.656. The molecule has 0 aromatic carbocycles. The van der Waals surface area contributed by atoms with Crippen molar-refractivity contribution in [2.45, 2.75) is 25.8 Å². The highest BCUT2D eigenvalue weighted by Crippen LogP contribution is 2.40. The van der Waals surface area contributed by atoms with E-state index in [-0.39, 0.29) is 0 Å². The second-order valence-electron chi connectivity index (χ2n) is 4.96. The summed E-state index contributed by atoms with van der Waals surface area (Å²) in [7, 11) is 4.51. The van der Waals surface area contributed by atoms with Crippen molar-refractivity contribution in [2.75, 3.05) is 33.7 Å². The molecule has 0 amide bonds. The molecule has 12 heavy (non-hydrogen) atoms. The first-order valence-electron chi connectivity index (χ1n) is 5.00. The van der Waals surface area contributed by atoms with Crippen molar-refractivity contribution in [3.63, 3.8) is 0 Å². The Morgan fingerprint density at radius 2 is 2.00 bits per heavy atom. The van der Waals surface area contributed by atoms with Crippen LogP contribution in [0.1, 0.15) is 19.8 Å². The molecule has 0 aliphatic carbocycles. The van der Waals surface area contributed by atoms with E-state index in [1.165, 1.54) is 32.5 Å². The molecule has 2 atom stereocenters. The molecule has 0 aromatic rings. The zero-order valence-corrected chi connectivity index (χ0v) is 8.51. The molecule has 2 rings (SSSR count). The standard InChI is InChI=1S/C10H20N2/c1-9-6-10(8-12(9)3)4-5-11(2)7-10/h9H,4-8H2,1-3H3/t9-,10?/m1/s1. The van der Waals surface area contributed by atoms with E-state index < -0.39 is 0 Å². The second kappa shape index (κ2) is 2.71. The van der Waals surface area contributed by atoms with Gasteiger partial charge in [0.15, 0.2) is 0 Å². The Bertz CT molecular complexity index is 169. The van der Waals surface area contributed by atoms with Gasteiger partial charge in [-0.2, -0.15) is 0 Å². The van der Waals surface area contributed by atoms with Gasteiger partial charge in [0.25, 0.3) is 0 Å². The normalized spacial score (nSPS) is 44.8. The fourth-order valence-corrected chi connectivity index (χ4v) is 2.99. The van der Waals surface area contributed by atoms with E-state index in [4.69, 9.17) is 0 Å². The third-order valence-corrected chi connectivity index (χ3v) is 3.69. The summed E-state index contributed by atoms with van der Waals surface area (Å²) in [5, 5.41) is 0. The predicted molar refractivity (Wildman–Crippen MR) is 51.3 cm³/mol. The predicted octanol–water partition coefficient (Wildman–Crippen LogP) is 1.03. The lowest BCUT2D eigenvalue weighted by Gasteiger charge is -2.22. The fraction of sp³-hybridized carbons (Fsp3) is 1.00. The molecule has 0 bridgehead atoms. The third-order valence-electron chi connectivity index (χ3n) is 3.69. The fourth-order valence-electron chi connectivity index (χ4n) is 2.99. The van der Waals surface area contributed by atoms with Gasteiger partial charge in [-0.05, 0) is 45.8 Å². The lowest BCUT2D eigenvalue weighted by molar-refractivity contribution is 0.272. The smallest absolute Gasteiger partial charge is 0.00703 e. The molecule has 0 N–H and O–H groups in total. The zero-order chi connectivity index (χ0) is 8.77. The van der Waals surface area contributed by atoms with Gasteiger partial charge in [-0.25, -0.2) is 0 Å². The minimum absolute atomic E-state index is 0.656. The molecular weight excluding hydrogens is 148 g/mol. The van der Waals surface area contributed by atoms with E-state index in [9.17, 15) is 0 Å². The monoisotopic (exact) mass is 168 g/mol. The maximum absolute atomic E-state index is 2.51. The zero-order valence-electron chi connectivity index (χ0n) is 8.51. The van der Waals surface area contributed by atoms with E-state index in [1.54, 1.807) is 0 Å². The molecule has 1 spiro atoms. The summed E-state index contributed by atoms with van der Waals surface area (Å²) in [6.07, 6.45) is 2.83. The number of hydrogen-bond donors (Lipinski definition) is 0. The third kappa shape index (κ3) is 1.27. The highest BCUT2D eigenvalue weighted by atomic mass is 15.2. The average molecular weight is 168 g/mol. The van der Waals surface area contributed by atoms with Gasteiger partial charge in [-0.1, -0.05) is 0 Å². The van der Waals surface area contributed by atoms with E-state index >= 15 is 0 Å². The van der Waals surface area contributed by atoms with Gasteiger partial charge in [-0.3, -0.25) is 0 Å². The second-order valence-corrected chi connectivity index (χ2v) is 4.96. The van der Waals surface area contributed by atoms with Crippen LogP contribution in [0.25, 0.3) is 0 Å². The van der Waals surface area contributed by atoms with Crippen molar-refractivity contribution in [2.24, 2.45) is 5.41 Å². The summed E-state index contributed by atoms with van der Waals surface area (Å²) in [5.41, 5.74) is 0.656. The van der Waals surface area contributed by atoms with Crippen LogP contribution in [0.2, 0.25) is 0 Å². The van der Waals surface area contributed by atoms with Gasteiger partial charge in [-0.15, -0.1) is 0 Å². The molecular formula is C10H20N2. The number of likely N-dealkylation sites (tertiary alicyclic amines) is 2. The van der Waals surface area contributed by atoms with Crippen LogP contribution < -0.4 is 0 Å². The Kier molecular flexibility index (Phi) is 1.92. The van der Waals surface area contributed by atoms with Crippen LogP contribution in [0.4, 0.5) is 0 Å². The Labute approximate surface area is 75.5 Å². The molecule has 0 saturated carbocycles. The first-order chi connectivity index (χ1) is 5.61. The van der Waals surface area contributed by atoms with Crippen LogP contribution in [0.3, 0.4) is 0 Å². The Balaban J connectivity index is 2.05. The maximum Gasteiger partial charge on any atom is 0.00703 e. The molecule has 2 heterocycles. The number of nitrogens with zero attached hydrogens (tertiary/aromatic N) is 2. The summed E-state index contributed by atoms with van der Waals surface area (Å²) >= 11 is 0.